The first-order chi connectivity index (χ1) is 15.5. The van der Waals surface area contributed by atoms with Crippen LogP contribution in [-0.2, 0) is 0 Å². The molecule has 2 N–H and O–H groups in total. The van der Waals surface area contributed by atoms with Gasteiger partial charge in [-0.2, -0.15) is 0 Å². The molecule has 3 aromatic carbocycles. The summed E-state index contributed by atoms with van der Waals surface area (Å²) in [7, 11) is 0. The monoisotopic (exact) mass is 445 g/mol. The van der Waals surface area contributed by atoms with E-state index < -0.39 is 0 Å². The lowest BCUT2D eigenvalue weighted by Gasteiger charge is -2.18. The van der Waals surface area contributed by atoms with Crippen LogP contribution in [0.4, 0.5) is 5.69 Å². The average Bonchev–Trinajstić information content (AvgIpc) is 3.22. The lowest BCUT2D eigenvalue weighted by molar-refractivity contribution is 0.0976. The first-order valence-corrected chi connectivity index (χ1v) is 10.5. The predicted octanol–water partition coefficient (Wildman–Crippen LogP) is 4.70. The maximum Gasteiger partial charge on any atom is 0.257 e. The second-order valence-corrected chi connectivity index (χ2v) is 7.75. The molecule has 5 rings (SSSR count). The van der Waals surface area contributed by atoms with E-state index >= 15 is 0 Å². The third-order valence-electron chi connectivity index (χ3n) is 4.94. The topological polar surface area (TPSA) is 85.6 Å². The Labute approximate surface area is 189 Å². The molecule has 1 amide bonds. The van der Waals surface area contributed by atoms with Crippen molar-refractivity contribution < 1.29 is 18.7 Å². The normalized spacial score (nSPS) is 12.4. The third kappa shape index (κ3) is 4.13. The molecule has 4 aromatic rings. The summed E-state index contributed by atoms with van der Waals surface area (Å²) in [6.45, 7) is 2.95. The van der Waals surface area contributed by atoms with Gasteiger partial charge >= 0.3 is 0 Å². The Morgan fingerprint density at radius 3 is 2.72 bits per heavy atom. The van der Waals surface area contributed by atoms with Crippen molar-refractivity contribution in [2.24, 2.45) is 0 Å². The number of aromatic nitrogens is 1. The number of carbonyl (C=O) groups is 1. The zero-order valence-corrected chi connectivity index (χ0v) is 18.0. The van der Waals surface area contributed by atoms with Gasteiger partial charge in [0.15, 0.2) is 22.2 Å². The summed E-state index contributed by atoms with van der Waals surface area (Å²) in [6.07, 6.45) is 0. The highest BCUT2D eigenvalue weighted by Gasteiger charge is 2.16. The van der Waals surface area contributed by atoms with Gasteiger partial charge in [-0.25, -0.2) is 4.98 Å². The largest absolute Gasteiger partial charge is 0.486 e. The molecule has 0 saturated heterocycles. The van der Waals surface area contributed by atoms with Gasteiger partial charge in [-0.3, -0.25) is 10.1 Å². The molecule has 7 nitrogen and oxygen atoms in total. The maximum atomic E-state index is 12.6. The number of fused-ring (bicyclic) bond motifs is 2. The van der Waals surface area contributed by atoms with Crippen LogP contribution < -0.4 is 20.1 Å². The molecule has 2 heterocycles. The van der Waals surface area contributed by atoms with Crippen LogP contribution in [0.5, 0.6) is 11.5 Å². The van der Waals surface area contributed by atoms with Crippen molar-refractivity contribution in [2.45, 2.75) is 6.92 Å². The molecule has 160 valence electrons. The van der Waals surface area contributed by atoms with E-state index in [4.69, 9.17) is 26.1 Å². The summed E-state index contributed by atoms with van der Waals surface area (Å²) in [5.41, 5.74) is 4.56. The number of hydrogen-bond donors (Lipinski definition) is 2. The van der Waals surface area contributed by atoms with Crippen LogP contribution in [-0.4, -0.2) is 29.2 Å². The number of hydrogen-bond acceptors (Lipinski definition) is 6. The lowest BCUT2D eigenvalue weighted by Crippen LogP contribution is -2.34. The number of thiocarbonyl (C=S) groups is 1. The number of oxazole rings is 1. The second kappa shape index (κ2) is 8.32. The number of nitrogens with one attached hydrogen (secondary N) is 2. The van der Waals surface area contributed by atoms with Crippen LogP contribution in [0.1, 0.15) is 15.9 Å². The minimum atomic E-state index is -0.343. The van der Waals surface area contributed by atoms with Crippen LogP contribution in [0.25, 0.3) is 22.6 Å². The number of rotatable bonds is 3. The second-order valence-electron chi connectivity index (χ2n) is 7.34. The molecular weight excluding hydrogens is 426 g/mol. The molecule has 0 unspecified atom stereocenters. The van der Waals surface area contributed by atoms with Gasteiger partial charge in [0.05, 0.1) is 0 Å². The van der Waals surface area contributed by atoms with Crippen LogP contribution in [0.15, 0.2) is 65.1 Å². The molecule has 0 spiro atoms. The summed E-state index contributed by atoms with van der Waals surface area (Å²) >= 11 is 5.32. The number of benzene rings is 3. The zero-order valence-electron chi connectivity index (χ0n) is 17.2. The Morgan fingerprint density at radius 2 is 1.84 bits per heavy atom. The van der Waals surface area contributed by atoms with Crippen molar-refractivity contribution in [1.29, 1.82) is 0 Å². The lowest BCUT2D eigenvalue weighted by atomic mass is 10.2. The van der Waals surface area contributed by atoms with Crippen molar-refractivity contribution in [3.63, 3.8) is 0 Å². The molecule has 32 heavy (non-hydrogen) atoms. The fourth-order valence-electron chi connectivity index (χ4n) is 3.41. The molecule has 0 bridgehead atoms. The third-order valence-corrected chi connectivity index (χ3v) is 5.15. The molecule has 1 aliphatic heterocycles. The number of anilines is 1. The fraction of sp³-hybridized carbons (Fsp3) is 0.125. The highest BCUT2D eigenvalue weighted by Crippen LogP contribution is 2.31. The average molecular weight is 446 g/mol. The zero-order chi connectivity index (χ0) is 22.1. The van der Waals surface area contributed by atoms with Crippen LogP contribution >= 0.6 is 12.2 Å². The van der Waals surface area contributed by atoms with Gasteiger partial charge in [-0.05, 0) is 73.2 Å². The van der Waals surface area contributed by atoms with Crippen LogP contribution in [0.2, 0.25) is 0 Å². The van der Waals surface area contributed by atoms with Gasteiger partial charge in [0.1, 0.15) is 18.7 Å². The fourth-order valence-corrected chi connectivity index (χ4v) is 3.62. The molecule has 1 aliphatic rings. The highest BCUT2D eigenvalue weighted by molar-refractivity contribution is 7.80. The summed E-state index contributed by atoms with van der Waals surface area (Å²) < 4.78 is 16.9. The van der Waals surface area contributed by atoms with Crippen LogP contribution in [0.3, 0.4) is 0 Å². The summed E-state index contributed by atoms with van der Waals surface area (Å²) in [6, 6.07) is 18.4. The van der Waals surface area contributed by atoms with Gasteiger partial charge in [0.2, 0.25) is 5.89 Å². The van der Waals surface area contributed by atoms with Crippen molar-refractivity contribution in [3.05, 3.63) is 71.8 Å². The number of aryl methyl sites for hydroxylation is 1. The Kier molecular flexibility index (Phi) is 5.20. The van der Waals surface area contributed by atoms with Crippen molar-refractivity contribution in [2.75, 3.05) is 18.5 Å². The number of carbonyl (C=O) groups excluding carboxylic acids is 1. The molecule has 0 radical (unpaired) electrons. The van der Waals surface area contributed by atoms with E-state index in [1.807, 2.05) is 49.4 Å². The smallest absolute Gasteiger partial charge is 0.257 e. The molecule has 0 saturated carbocycles. The summed E-state index contributed by atoms with van der Waals surface area (Å²) in [5, 5.41) is 5.89. The molecule has 8 heteroatoms. The Balaban J connectivity index is 1.29. The van der Waals surface area contributed by atoms with Gasteiger partial charge < -0.3 is 19.2 Å². The van der Waals surface area contributed by atoms with Crippen LogP contribution in [0, 0.1) is 6.92 Å². The first kappa shape index (κ1) is 20.0. The number of nitrogens with zero attached hydrogens (tertiary/aromatic N) is 1. The standard InChI is InChI=1S/C24H19N3O4S/c1-14-5-7-18-20(11-14)31-23(26-18)16-3-2-4-17(12-16)25-24(32)27-22(28)15-6-8-19-21(13-15)30-10-9-29-19/h2-8,11-13H,9-10H2,1H3,(H2,25,27,28,32). The Morgan fingerprint density at radius 1 is 1.00 bits per heavy atom. The van der Waals surface area contributed by atoms with Gasteiger partial charge in [-0.15, -0.1) is 0 Å². The molecule has 0 fully saturated rings. The van der Waals surface area contributed by atoms with Crippen molar-refractivity contribution >= 4 is 40.0 Å². The van der Waals surface area contributed by atoms with E-state index in [-0.39, 0.29) is 11.0 Å². The van der Waals surface area contributed by atoms with E-state index in [2.05, 4.69) is 15.6 Å². The van der Waals surface area contributed by atoms with Gasteiger partial charge in [0, 0.05) is 16.8 Å². The summed E-state index contributed by atoms with van der Waals surface area (Å²) in [5.74, 6) is 1.34. The van der Waals surface area contributed by atoms with Crippen molar-refractivity contribution in [1.82, 2.24) is 10.3 Å². The number of amides is 1. The predicted molar refractivity (Wildman–Crippen MR) is 125 cm³/mol. The van der Waals surface area contributed by atoms with E-state index in [9.17, 15) is 4.79 Å². The molecule has 0 atom stereocenters. The molecule has 0 aliphatic carbocycles. The minimum absolute atomic E-state index is 0.176. The quantitative estimate of drug-likeness (QED) is 0.442. The highest BCUT2D eigenvalue weighted by atomic mass is 32.1. The Bertz CT molecular complexity index is 1350. The SMILES string of the molecule is Cc1ccc2nc(-c3cccc(NC(=S)NC(=O)c4ccc5c(c4)OCCO5)c3)oc2c1. The molecular formula is C24H19N3O4S. The Hall–Kier alpha value is -3.91. The first-order valence-electron chi connectivity index (χ1n) is 10.0. The van der Waals surface area contributed by atoms with E-state index in [1.54, 1.807) is 18.2 Å². The van der Waals surface area contributed by atoms with Gasteiger partial charge in [-0.1, -0.05) is 12.1 Å². The number of ether oxygens (including phenoxy) is 2. The molecule has 1 aromatic heterocycles. The summed E-state index contributed by atoms with van der Waals surface area (Å²) in [4.78, 5) is 17.1. The van der Waals surface area contributed by atoms with Gasteiger partial charge in [0.25, 0.3) is 5.91 Å². The van der Waals surface area contributed by atoms with E-state index in [0.717, 1.165) is 22.2 Å². The maximum absolute atomic E-state index is 12.6. The minimum Gasteiger partial charge on any atom is -0.486 e. The van der Waals surface area contributed by atoms with E-state index in [0.29, 0.717) is 41.9 Å². The van der Waals surface area contributed by atoms with E-state index in [1.165, 1.54) is 0 Å². The van der Waals surface area contributed by atoms with Crippen molar-refractivity contribution in [3.8, 4) is 23.0 Å².